The highest BCUT2D eigenvalue weighted by atomic mass is 35.5. The van der Waals surface area contributed by atoms with Crippen LogP contribution in [0.2, 0.25) is 5.02 Å². The zero-order chi connectivity index (χ0) is 38.9. The molecule has 2 N–H and O–H groups in total. The standard InChI is InChI=1S/C37H52ClN3O11/c1-19(2)33(43)40(7)22(5)34(44)51-28-17-29(42)41(8)24-15-23(16-25(47-9)30(24)38)31(49-11)20(3)13-12-14-27(48-10)37(46)18-26(50-35(45)39-37)21(4)32-36(28,6)52-32/h12-16,19,21-22,26-28,31-32,46H,17-18H2,1-11H3,(H,39,45)/b14-12+,20-13+/t21-,22+,26+,27-,28+,31?,32+,36+,37+/m1/s1. The molecule has 1 aromatic carbocycles. The Labute approximate surface area is 310 Å². The number of nitrogens with one attached hydrogen (secondary N) is 1. The molecule has 3 heterocycles. The third kappa shape index (κ3) is 8.26. The van der Waals surface area contributed by atoms with Crippen LogP contribution in [0.25, 0.3) is 0 Å². The van der Waals surface area contributed by atoms with Crippen LogP contribution in [0.1, 0.15) is 66.1 Å². The Morgan fingerprint density at radius 2 is 1.83 bits per heavy atom. The number of ether oxygens (including phenoxy) is 6. The van der Waals surface area contributed by atoms with Crippen molar-refractivity contribution in [3.8, 4) is 5.75 Å². The van der Waals surface area contributed by atoms with Gasteiger partial charge in [-0.1, -0.05) is 50.6 Å². The van der Waals surface area contributed by atoms with Crippen molar-refractivity contribution in [2.45, 2.75) is 102 Å². The summed E-state index contributed by atoms with van der Waals surface area (Å²) in [7, 11) is 7.48. The minimum absolute atomic E-state index is 0.0719. The summed E-state index contributed by atoms with van der Waals surface area (Å²) in [5, 5.41) is 14.4. The molecule has 2 fully saturated rings. The molecule has 15 heteroatoms. The van der Waals surface area contributed by atoms with Crippen LogP contribution >= 0.6 is 11.6 Å². The number of carbonyl (C=O) groups excluding carboxylic acids is 4. The summed E-state index contributed by atoms with van der Waals surface area (Å²) < 4.78 is 35.1. The number of likely N-dealkylation sites (N-methyl/N-ethyl adjacent to an activating group) is 1. The number of hydrogen-bond donors (Lipinski definition) is 2. The van der Waals surface area contributed by atoms with Crippen molar-refractivity contribution in [2.75, 3.05) is 40.3 Å². The number of esters is 1. The summed E-state index contributed by atoms with van der Waals surface area (Å²) in [5.41, 5.74) is -1.39. The van der Waals surface area contributed by atoms with Crippen LogP contribution in [-0.4, -0.2) is 111 Å². The molecular weight excluding hydrogens is 698 g/mol. The summed E-state index contributed by atoms with van der Waals surface area (Å²) in [6.07, 6.45) is -0.443. The lowest BCUT2D eigenvalue weighted by Crippen LogP contribution is -2.63. The quantitative estimate of drug-likeness (QED) is 0.301. The van der Waals surface area contributed by atoms with Gasteiger partial charge in [-0.05, 0) is 44.0 Å². The van der Waals surface area contributed by atoms with E-state index in [1.165, 1.54) is 38.2 Å². The number of nitrogens with zero attached hydrogens (tertiary/aromatic N) is 2. The number of anilines is 1. The monoisotopic (exact) mass is 749 g/mol. The lowest BCUT2D eigenvalue weighted by atomic mass is 9.83. The molecule has 3 aliphatic rings. The molecule has 1 aromatic rings. The molecule has 0 saturated carbocycles. The molecule has 0 aromatic heterocycles. The highest BCUT2D eigenvalue weighted by molar-refractivity contribution is 6.35. The van der Waals surface area contributed by atoms with E-state index in [1.54, 1.807) is 72.0 Å². The number of amides is 3. The summed E-state index contributed by atoms with van der Waals surface area (Å²) in [4.78, 5) is 56.1. The molecule has 3 aliphatic heterocycles. The van der Waals surface area contributed by atoms with Crippen LogP contribution in [0, 0.1) is 11.8 Å². The van der Waals surface area contributed by atoms with Crippen LogP contribution in [0.4, 0.5) is 10.5 Å². The second-order valence-electron chi connectivity index (χ2n) is 14.3. The molecule has 4 bridgehead atoms. The van der Waals surface area contributed by atoms with Gasteiger partial charge < -0.3 is 43.3 Å². The number of alkyl carbamates (subject to hydrolysis) is 1. The van der Waals surface area contributed by atoms with Crippen molar-refractivity contribution in [3.63, 3.8) is 0 Å². The van der Waals surface area contributed by atoms with Gasteiger partial charge in [0.25, 0.3) is 0 Å². The first-order valence-corrected chi connectivity index (χ1v) is 17.6. The van der Waals surface area contributed by atoms with E-state index in [1.807, 2.05) is 6.92 Å². The first-order chi connectivity index (χ1) is 24.3. The van der Waals surface area contributed by atoms with Crippen LogP contribution in [0.3, 0.4) is 0 Å². The molecule has 2 saturated heterocycles. The number of aliphatic hydroxyl groups is 1. The van der Waals surface area contributed by atoms with E-state index in [4.69, 9.17) is 40.0 Å². The minimum Gasteiger partial charge on any atom is -0.495 e. The fourth-order valence-corrected chi connectivity index (χ4v) is 7.21. The van der Waals surface area contributed by atoms with Gasteiger partial charge in [0.15, 0.2) is 5.72 Å². The largest absolute Gasteiger partial charge is 0.495 e. The Bertz CT molecular complexity index is 1600. The van der Waals surface area contributed by atoms with Crippen LogP contribution in [0.15, 0.2) is 35.9 Å². The third-order valence-electron chi connectivity index (χ3n) is 10.4. The van der Waals surface area contributed by atoms with Gasteiger partial charge in [-0.25, -0.2) is 9.59 Å². The number of fused-ring (bicyclic) bond motifs is 5. The van der Waals surface area contributed by atoms with Crippen molar-refractivity contribution in [1.82, 2.24) is 10.2 Å². The van der Waals surface area contributed by atoms with Crippen molar-refractivity contribution >= 4 is 41.2 Å². The Morgan fingerprint density at radius 1 is 1.15 bits per heavy atom. The van der Waals surface area contributed by atoms with Crippen LogP contribution < -0.4 is 15.0 Å². The topological polar surface area (TPSA) is 166 Å². The second-order valence-corrected chi connectivity index (χ2v) is 14.6. The maximum atomic E-state index is 14.2. The van der Waals surface area contributed by atoms with E-state index < -0.39 is 71.8 Å². The summed E-state index contributed by atoms with van der Waals surface area (Å²) in [6.45, 7) is 10.3. The summed E-state index contributed by atoms with van der Waals surface area (Å²) >= 11 is 6.79. The Balaban J connectivity index is 1.83. The molecule has 4 rings (SSSR count). The predicted octanol–water partition coefficient (Wildman–Crippen LogP) is 4.32. The van der Waals surface area contributed by atoms with Gasteiger partial charge in [-0.3, -0.25) is 14.9 Å². The number of allylic oxidation sites excluding steroid dienone is 2. The zero-order valence-corrected chi connectivity index (χ0v) is 32.5. The average Bonchev–Trinajstić information content (AvgIpc) is 3.79. The van der Waals surface area contributed by atoms with E-state index >= 15 is 0 Å². The molecule has 0 aliphatic carbocycles. The number of hydrogen-bond acceptors (Lipinski definition) is 11. The van der Waals surface area contributed by atoms with Gasteiger partial charge in [0, 0.05) is 46.6 Å². The molecular formula is C37H52ClN3O11. The van der Waals surface area contributed by atoms with Gasteiger partial charge >= 0.3 is 12.1 Å². The first-order valence-electron chi connectivity index (χ1n) is 17.2. The zero-order valence-electron chi connectivity index (χ0n) is 31.7. The third-order valence-corrected chi connectivity index (χ3v) is 10.8. The normalized spacial score (nSPS) is 33.1. The van der Waals surface area contributed by atoms with Crippen LogP contribution in [-0.2, 0) is 38.1 Å². The van der Waals surface area contributed by atoms with E-state index in [9.17, 15) is 24.3 Å². The maximum Gasteiger partial charge on any atom is 0.409 e. The molecule has 3 amide bonds. The van der Waals surface area contributed by atoms with Gasteiger partial charge in [0.1, 0.15) is 46.8 Å². The lowest BCUT2D eigenvalue weighted by molar-refractivity contribution is -0.162. The SMILES string of the molecule is COc1cc2cc(c1Cl)N(C)C(=O)C[C@H](OC(=O)[C@H](C)N(C)C(=O)C(C)C)[C@]1(C)O[C@H]1[C@H](C)[C@@H]1C[C@@](O)(NC(=O)O1)[C@H](OC)/C=C/C=C(\C)C2OC. The lowest BCUT2D eigenvalue weighted by Gasteiger charge is -2.42. The molecule has 0 spiro atoms. The van der Waals surface area contributed by atoms with Gasteiger partial charge in [0.2, 0.25) is 11.8 Å². The molecule has 52 heavy (non-hydrogen) atoms. The smallest absolute Gasteiger partial charge is 0.409 e. The van der Waals surface area contributed by atoms with Crippen molar-refractivity contribution in [1.29, 1.82) is 0 Å². The second kappa shape index (κ2) is 16.1. The fourth-order valence-electron chi connectivity index (χ4n) is 6.89. The number of carbonyl (C=O) groups is 4. The predicted molar refractivity (Wildman–Crippen MR) is 192 cm³/mol. The van der Waals surface area contributed by atoms with Gasteiger partial charge in [-0.15, -0.1) is 0 Å². The number of rotatable bonds is 7. The number of halogens is 1. The Hall–Kier alpha value is -3.69. The van der Waals surface area contributed by atoms with Crippen LogP contribution in [0.5, 0.6) is 5.75 Å². The molecule has 288 valence electrons. The number of methoxy groups -OCH3 is 3. The maximum absolute atomic E-state index is 14.2. The molecule has 14 nitrogen and oxygen atoms in total. The number of epoxide rings is 1. The Morgan fingerprint density at radius 3 is 2.42 bits per heavy atom. The van der Waals surface area contributed by atoms with Crippen molar-refractivity contribution in [3.05, 3.63) is 46.5 Å². The molecule has 1 unspecified atom stereocenters. The minimum atomic E-state index is -1.86. The van der Waals surface area contributed by atoms with Crippen molar-refractivity contribution in [2.24, 2.45) is 11.8 Å². The van der Waals surface area contributed by atoms with E-state index in [2.05, 4.69) is 5.32 Å². The fraction of sp³-hybridized carbons (Fsp3) is 0.622. The Kier molecular flexibility index (Phi) is 12.7. The van der Waals surface area contributed by atoms with Gasteiger partial charge in [0.05, 0.1) is 25.3 Å². The van der Waals surface area contributed by atoms with E-state index in [-0.39, 0.29) is 29.7 Å². The highest BCUT2D eigenvalue weighted by Gasteiger charge is 2.64. The van der Waals surface area contributed by atoms with E-state index in [0.717, 1.165) is 5.57 Å². The first kappa shape index (κ1) is 41.1. The van der Waals surface area contributed by atoms with E-state index in [0.29, 0.717) is 17.0 Å². The molecule has 9 atom stereocenters. The summed E-state index contributed by atoms with van der Waals surface area (Å²) in [5.74, 6) is -2.05. The van der Waals surface area contributed by atoms with Crippen molar-refractivity contribution < 1.29 is 52.7 Å². The summed E-state index contributed by atoms with van der Waals surface area (Å²) in [6, 6.07) is 2.46. The van der Waals surface area contributed by atoms with Gasteiger partial charge in [-0.2, -0.15) is 0 Å². The molecule has 0 radical (unpaired) electrons. The highest BCUT2D eigenvalue weighted by Crippen LogP contribution is 2.49. The number of benzene rings is 1. The average molecular weight is 750 g/mol.